The number of pyridine rings is 1. The Hall–Kier alpha value is -4.80. The number of ether oxygens (including phenoxy) is 2. The highest BCUT2D eigenvalue weighted by atomic mass is 19.1. The van der Waals surface area contributed by atoms with E-state index in [9.17, 15) is 14.0 Å². The lowest BCUT2D eigenvalue weighted by Crippen LogP contribution is -2.39. The van der Waals surface area contributed by atoms with Crippen molar-refractivity contribution in [2.45, 2.75) is 79.9 Å². The Morgan fingerprint density at radius 1 is 0.956 bits per heavy atom. The van der Waals surface area contributed by atoms with Crippen molar-refractivity contribution in [3.63, 3.8) is 0 Å². The van der Waals surface area contributed by atoms with Gasteiger partial charge >= 0.3 is 12.2 Å². The Kier molecular flexibility index (Phi) is 9.60. The van der Waals surface area contributed by atoms with E-state index in [1.165, 1.54) is 21.7 Å². The second kappa shape index (κ2) is 13.1. The minimum atomic E-state index is -0.774. The number of fused-ring (bicyclic) bond motifs is 2. The number of amides is 1. The molecule has 1 aromatic carbocycles. The van der Waals surface area contributed by atoms with Gasteiger partial charge in [0.15, 0.2) is 5.65 Å². The molecule has 5 aromatic rings. The highest BCUT2D eigenvalue weighted by molar-refractivity contribution is 5.92. The van der Waals surface area contributed by atoms with Crippen molar-refractivity contribution in [1.82, 2.24) is 24.1 Å². The lowest BCUT2D eigenvalue weighted by Gasteiger charge is -2.28. The van der Waals surface area contributed by atoms with Crippen molar-refractivity contribution in [2.24, 2.45) is 0 Å². The van der Waals surface area contributed by atoms with Crippen molar-refractivity contribution in [3.8, 4) is 11.3 Å². The zero-order valence-electron chi connectivity index (χ0n) is 27.4. The van der Waals surface area contributed by atoms with E-state index < -0.39 is 29.2 Å². The number of aryl methyl sites for hydroxylation is 1. The largest absolute Gasteiger partial charge is 0.443 e. The van der Waals surface area contributed by atoms with E-state index in [1.54, 1.807) is 43.7 Å². The number of rotatable bonds is 5. The summed E-state index contributed by atoms with van der Waals surface area (Å²) in [6, 6.07) is 10.5. The predicted molar refractivity (Wildman–Crippen MR) is 173 cm³/mol. The molecule has 0 bridgehead atoms. The fourth-order valence-corrected chi connectivity index (χ4v) is 4.71. The summed E-state index contributed by atoms with van der Waals surface area (Å²) in [6.07, 6.45) is 5.32. The van der Waals surface area contributed by atoms with E-state index in [0.717, 1.165) is 22.7 Å². The van der Waals surface area contributed by atoms with E-state index in [2.05, 4.69) is 10.1 Å². The molecule has 0 unspecified atom stereocenters. The van der Waals surface area contributed by atoms with Crippen molar-refractivity contribution in [2.75, 3.05) is 11.4 Å². The van der Waals surface area contributed by atoms with E-state index >= 15 is 0 Å². The molecule has 0 spiro atoms. The Balaban J connectivity index is 0.00000226. The van der Waals surface area contributed by atoms with E-state index in [-0.39, 0.29) is 6.54 Å². The third-order valence-electron chi connectivity index (χ3n) is 6.51. The molecule has 238 valence electrons. The van der Waals surface area contributed by atoms with Gasteiger partial charge in [0.05, 0.1) is 23.6 Å². The molecule has 0 aliphatic carbocycles. The fraction of sp³-hybridized carbons (Fsp3) is 0.382. The van der Waals surface area contributed by atoms with Crippen LogP contribution in [0.5, 0.6) is 0 Å². The third kappa shape index (κ3) is 7.65. The van der Waals surface area contributed by atoms with Gasteiger partial charge in [0.2, 0.25) is 0 Å². The summed E-state index contributed by atoms with van der Waals surface area (Å²) in [4.78, 5) is 37.0. The standard InChI is InChI=1S/C32H35FN6O4.C2H6/c1-20-16-35-39-27(15-25(36-28(20)39)22-14-23(33)18-34-17-22)37(29(40)42-31(2,3)4)13-12-21-19-38(30(41)43-32(5,6)7)26-11-9-8-10-24(21)26;1-2/h8-11,14-19H,12-13H2,1-7H3;1-2H3. The van der Waals surface area contributed by atoms with Crippen molar-refractivity contribution < 1.29 is 23.5 Å². The summed E-state index contributed by atoms with van der Waals surface area (Å²) < 4.78 is 28.6. The summed E-state index contributed by atoms with van der Waals surface area (Å²) >= 11 is 0. The number of nitrogens with zero attached hydrogens (tertiary/aromatic N) is 6. The van der Waals surface area contributed by atoms with Gasteiger partial charge in [-0.15, -0.1) is 0 Å². The molecule has 5 rings (SSSR count). The van der Waals surface area contributed by atoms with Crippen LogP contribution in [0.1, 0.15) is 66.5 Å². The summed E-state index contributed by atoms with van der Waals surface area (Å²) in [5.74, 6) is -0.112. The molecule has 0 N–H and O–H groups in total. The second-order valence-electron chi connectivity index (χ2n) is 12.4. The summed E-state index contributed by atoms with van der Waals surface area (Å²) in [5, 5.41) is 5.35. The molecule has 4 heterocycles. The summed E-state index contributed by atoms with van der Waals surface area (Å²) in [7, 11) is 0. The van der Waals surface area contributed by atoms with Crippen LogP contribution in [0, 0.1) is 12.7 Å². The molecule has 0 saturated carbocycles. The monoisotopic (exact) mass is 616 g/mol. The van der Waals surface area contributed by atoms with E-state index in [1.807, 2.05) is 65.8 Å². The Morgan fingerprint density at radius 3 is 2.31 bits per heavy atom. The number of para-hydroxylation sites is 1. The maximum Gasteiger partial charge on any atom is 0.419 e. The number of carbonyl (C=O) groups is 2. The zero-order chi connectivity index (χ0) is 33.1. The zero-order valence-corrected chi connectivity index (χ0v) is 27.4. The summed E-state index contributed by atoms with van der Waals surface area (Å²) in [6.45, 7) is 16.9. The fourth-order valence-electron chi connectivity index (χ4n) is 4.71. The highest BCUT2D eigenvalue weighted by Gasteiger charge is 2.28. The second-order valence-corrected chi connectivity index (χ2v) is 12.4. The van der Waals surface area contributed by atoms with E-state index in [0.29, 0.717) is 34.7 Å². The molecule has 0 radical (unpaired) electrons. The van der Waals surface area contributed by atoms with Gasteiger partial charge in [-0.2, -0.15) is 9.61 Å². The van der Waals surface area contributed by atoms with Gasteiger partial charge in [0.25, 0.3) is 0 Å². The van der Waals surface area contributed by atoms with Crippen LogP contribution in [0.25, 0.3) is 27.8 Å². The van der Waals surface area contributed by atoms with Crippen molar-refractivity contribution >= 4 is 34.6 Å². The average Bonchev–Trinajstić information content (AvgIpc) is 3.53. The number of carbonyl (C=O) groups excluding carboxylic acids is 2. The van der Waals surface area contributed by atoms with Crippen LogP contribution in [0.2, 0.25) is 0 Å². The Bertz CT molecular complexity index is 1830. The topological polar surface area (TPSA) is 104 Å². The lowest BCUT2D eigenvalue weighted by atomic mass is 10.1. The number of benzene rings is 1. The molecule has 1 amide bonds. The highest BCUT2D eigenvalue weighted by Crippen LogP contribution is 2.29. The van der Waals surface area contributed by atoms with Gasteiger partial charge in [-0.25, -0.2) is 19.0 Å². The molecule has 45 heavy (non-hydrogen) atoms. The maximum atomic E-state index is 14.1. The van der Waals surface area contributed by atoms with Crippen LogP contribution in [0.4, 0.5) is 19.8 Å². The van der Waals surface area contributed by atoms with Crippen LogP contribution < -0.4 is 4.90 Å². The first-order valence-electron chi connectivity index (χ1n) is 15.0. The van der Waals surface area contributed by atoms with Gasteiger partial charge in [-0.3, -0.25) is 14.5 Å². The average molecular weight is 617 g/mol. The number of hydrogen-bond donors (Lipinski definition) is 0. The Morgan fingerprint density at radius 2 is 1.64 bits per heavy atom. The minimum absolute atomic E-state index is 0.177. The van der Waals surface area contributed by atoms with Crippen LogP contribution in [-0.2, 0) is 15.9 Å². The van der Waals surface area contributed by atoms with Gasteiger partial charge in [-0.05, 0) is 72.6 Å². The smallest absolute Gasteiger partial charge is 0.419 e. The molecule has 0 aliphatic heterocycles. The molecule has 0 fully saturated rings. The first-order chi connectivity index (χ1) is 21.2. The molecule has 10 nitrogen and oxygen atoms in total. The molecule has 11 heteroatoms. The first kappa shape index (κ1) is 33.1. The van der Waals surface area contributed by atoms with Crippen LogP contribution in [0.3, 0.4) is 0 Å². The number of hydrogen-bond acceptors (Lipinski definition) is 7. The van der Waals surface area contributed by atoms with Crippen LogP contribution in [0.15, 0.2) is 61.2 Å². The van der Waals surface area contributed by atoms with Gasteiger partial charge in [0, 0.05) is 41.5 Å². The lowest BCUT2D eigenvalue weighted by molar-refractivity contribution is 0.0540. The first-order valence-corrected chi connectivity index (χ1v) is 15.0. The molecular weight excluding hydrogens is 575 g/mol. The molecule has 0 aliphatic rings. The summed E-state index contributed by atoms with van der Waals surface area (Å²) in [5.41, 5.74) is 2.26. The Labute approximate surface area is 262 Å². The van der Waals surface area contributed by atoms with Crippen molar-refractivity contribution in [3.05, 3.63) is 78.1 Å². The minimum Gasteiger partial charge on any atom is -0.443 e. The van der Waals surface area contributed by atoms with E-state index in [4.69, 9.17) is 14.5 Å². The number of halogens is 1. The molecule has 0 saturated heterocycles. The molecule has 0 atom stereocenters. The molecule has 4 aromatic heterocycles. The van der Waals surface area contributed by atoms with Crippen LogP contribution >= 0.6 is 0 Å². The van der Waals surface area contributed by atoms with Gasteiger partial charge < -0.3 is 9.47 Å². The SMILES string of the molecule is CC.Cc1cnn2c(N(CCc3cn(C(=O)OC(C)(C)C)c4ccccc34)C(=O)OC(C)(C)C)cc(-c3cncc(F)c3)nc12. The number of aromatic nitrogens is 5. The number of anilines is 1. The van der Waals surface area contributed by atoms with Crippen LogP contribution in [-0.4, -0.2) is 54.1 Å². The third-order valence-corrected chi connectivity index (χ3v) is 6.51. The maximum absolute atomic E-state index is 14.1. The van der Waals surface area contributed by atoms with Gasteiger partial charge in [0.1, 0.15) is 22.8 Å². The normalized spacial score (nSPS) is 11.7. The van der Waals surface area contributed by atoms with Gasteiger partial charge in [-0.1, -0.05) is 32.0 Å². The van der Waals surface area contributed by atoms with Crippen molar-refractivity contribution in [1.29, 1.82) is 0 Å². The predicted octanol–water partition coefficient (Wildman–Crippen LogP) is 7.99. The quantitative estimate of drug-likeness (QED) is 0.197. The molecular formula is C34H41FN6O4.